The molecule has 0 radical (unpaired) electrons. The van der Waals surface area contributed by atoms with Crippen LogP contribution in [-0.2, 0) is 6.54 Å². The van der Waals surface area contributed by atoms with Crippen LogP contribution in [0.25, 0.3) is 0 Å². The van der Waals surface area contributed by atoms with Gasteiger partial charge in [-0.05, 0) is 30.7 Å². The second-order valence-corrected chi connectivity index (χ2v) is 6.63. The van der Waals surface area contributed by atoms with Crippen molar-refractivity contribution in [2.45, 2.75) is 19.5 Å². The van der Waals surface area contributed by atoms with Gasteiger partial charge < -0.3 is 10.2 Å². The van der Waals surface area contributed by atoms with E-state index in [0.29, 0.717) is 11.1 Å². The number of hydrogen-bond acceptors (Lipinski definition) is 2. The Hall–Kier alpha value is -2.04. The number of benzene rings is 2. The zero-order valence-corrected chi connectivity index (χ0v) is 14.5. The third-order valence-corrected chi connectivity index (χ3v) is 4.59. The van der Waals surface area contributed by atoms with Gasteiger partial charge in [0.25, 0.3) is 0 Å². The van der Waals surface area contributed by atoms with Crippen LogP contribution in [0.1, 0.15) is 12.5 Å². The molecule has 0 spiro atoms. The molecule has 1 saturated heterocycles. The van der Waals surface area contributed by atoms with Crippen LogP contribution in [0.4, 0.5) is 10.5 Å². The molecule has 1 aliphatic rings. The number of amides is 2. The summed E-state index contributed by atoms with van der Waals surface area (Å²) in [7, 11) is 0. The molecule has 0 saturated carbocycles. The van der Waals surface area contributed by atoms with Gasteiger partial charge in [0.1, 0.15) is 0 Å². The van der Waals surface area contributed by atoms with Gasteiger partial charge in [-0.2, -0.15) is 0 Å². The molecule has 1 N–H and O–H groups in total. The van der Waals surface area contributed by atoms with Crippen LogP contribution >= 0.6 is 11.6 Å². The van der Waals surface area contributed by atoms with Crippen LogP contribution in [0.2, 0.25) is 5.02 Å². The summed E-state index contributed by atoms with van der Waals surface area (Å²) >= 11 is 5.96. The topological polar surface area (TPSA) is 35.6 Å². The summed E-state index contributed by atoms with van der Waals surface area (Å²) in [6.45, 7) is 5.41. The van der Waals surface area contributed by atoms with Crippen molar-refractivity contribution in [2.75, 3.05) is 25.0 Å². The van der Waals surface area contributed by atoms with Crippen molar-refractivity contribution in [1.82, 2.24) is 9.80 Å². The fourth-order valence-corrected chi connectivity index (χ4v) is 3.19. The number of rotatable bonds is 3. The van der Waals surface area contributed by atoms with Gasteiger partial charge in [-0.3, -0.25) is 4.90 Å². The normalized spacial score (nSPS) is 18.4. The lowest BCUT2D eigenvalue weighted by atomic mass is 10.1. The van der Waals surface area contributed by atoms with Gasteiger partial charge in [-0.25, -0.2) is 4.79 Å². The number of halogens is 1. The molecular formula is C19H22ClN3O. The number of hydrogen-bond donors (Lipinski definition) is 1. The summed E-state index contributed by atoms with van der Waals surface area (Å²) in [6, 6.07) is 17.9. The summed E-state index contributed by atoms with van der Waals surface area (Å²) in [5.41, 5.74) is 2.04. The first-order valence-electron chi connectivity index (χ1n) is 8.21. The molecule has 4 nitrogen and oxygen atoms in total. The van der Waals surface area contributed by atoms with Gasteiger partial charge in [-0.1, -0.05) is 48.0 Å². The van der Waals surface area contributed by atoms with Crippen molar-refractivity contribution in [1.29, 1.82) is 0 Å². The first-order chi connectivity index (χ1) is 11.6. The van der Waals surface area contributed by atoms with E-state index in [1.54, 1.807) is 12.1 Å². The molecule has 2 aromatic rings. The van der Waals surface area contributed by atoms with Crippen molar-refractivity contribution in [3.63, 3.8) is 0 Å². The second-order valence-electron chi connectivity index (χ2n) is 6.19. The molecule has 1 aliphatic heterocycles. The van der Waals surface area contributed by atoms with Crippen molar-refractivity contribution < 1.29 is 4.79 Å². The Morgan fingerprint density at radius 2 is 1.96 bits per heavy atom. The number of anilines is 1. The van der Waals surface area contributed by atoms with Crippen LogP contribution in [0.3, 0.4) is 0 Å². The Kier molecular flexibility index (Phi) is 5.38. The molecule has 5 heteroatoms. The molecule has 1 heterocycles. The maximum atomic E-state index is 12.4. The summed E-state index contributed by atoms with van der Waals surface area (Å²) in [5.74, 6) is 0. The monoisotopic (exact) mass is 343 g/mol. The van der Waals surface area contributed by atoms with E-state index in [9.17, 15) is 4.79 Å². The molecule has 3 rings (SSSR count). The number of urea groups is 1. The zero-order chi connectivity index (χ0) is 16.9. The van der Waals surface area contributed by atoms with E-state index in [4.69, 9.17) is 11.6 Å². The molecule has 2 aromatic carbocycles. The van der Waals surface area contributed by atoms with Crippen molar-refractivity contribution >= 4 is 23.3 Å². The zero-order valence-electron chi connectivity index (χ0n) is 13.8. The minimum atomic E-state index is -0.0662. The highest BCUT2D eigenvalue weighted by Crippen LogP contribution is 2.17. The van der Waals surface area contributed by atoms with Gasteiger partial charge in [0.2, 0.25) is 0 Å². The standard InChI is InChI=1S/C19H22ClN3O/c1-15-13-23(19(24)21-18-9-5-8-17(20)12-18)11-10-22(15)14-16-6-3-2-4-7-16/h2-9,12,15H,10-11,13-14H2,1H3,(H,21,24). The molecule has 0 bridgehead atoms. The predicted molar refractivity (Wildman–Crippen MR) is 98.4 cm³/mol. The van der Waals surface area contributed by atoms with Gasteiger partial charge in [0.05, 0.1) is 0 Å². The minimum absolute atomic E-state index is 0.0662. The number of carbonyl (C=O) groups is 1. The van der Waals surface area contributed by atoms with Gasteiger partial charge >= 0.3 is 6.03 Å². The molecule has 126 valence electrons. The number of nitrogens with zero attached hydrogens (tertiary/aromatic N) is 2. The number of nitrogens with one attached hydrogen (secondary N) is 1. The maximum Gasteiger partial charge on any atom is 0.321 e. The Morgan fingerprint density at radius 3 is 2.67 bits per heavy atom. The van der Waals surface area contributed by atoms with Crippen molar-refractivity contribution in [2.24, 2.45) is 0 Å². The molecule has 1 atom stereocenters. The second kappa shape index (κ2) is 7.69. The van der Waals surface area contributed by atoms with E-state index < -0.39 is 0 Å². The van der Waals surface area contributed by atoms with Crippen LogP contribution in [0, 0.1) is 0 Å². The van der Waals surface area contributed by atoms with Crippen LogP contribution in [0.15, 0.2) is 54.6 Å². The SMILES string of the molecule is CC1CN(C(=O)Nc2cccc(Cl)c2)CCN1Cc1ccccc1. The maximum absolute atomic E-state index is 12.4. The van der Waals surface area contributed by atoms with E-state index in [2.05, 4.69) is 41.4 Å². The molecule has 2 amide bonds. The molecule has 0 aliphatic carbocycles. The van der Waals surface area contributed by atoms with Crippen LogP contribution in [0.5, 0.6) is 0 Å². The third-order valence-electron chi connectivity index (χ3n) is 4.36. The fourth-order valence-electron chi connectivity index (χ4n) is 3.00. The lowest BCUT2D eigenvalue weighted by Crippen LogP contribution is -2.54. The highest BCUT2D eigenvalue weighted by Gasteiger charge is 2.26. The number of piperazine rings is 1. The van der Waals surface area contributed by atoms with E-state index in [1.807, 2.05) is 23.1 Å². The highest BCUT2D eigenvalue weighted by atomic mass is 35.5. The first-order valence-corrected chi connectivity index (χ1v) is 8.59. The summed E-state index contributed by atoms with van der Waals surface area (Å²) < 4.78 is 0. The Bertz CT molecular complexity index is 692. The third kappa shape index (κ3) is 4.28. The quantitative estimate of drug-likeness (QED) is 0.911. The molecule has 1 unspecified atom stereocenters. The largest absolute Gasteiger partial charge is 0.322 e. The smallest absolute Gasteiger partial charge is 0.321 e. The van der Waals surface area contributed by atoms with Gasteiger partial charge in [0.15, 0.2) is 0 Å². The summed E-state index contributed by atoms with van der Waals surface area (Å²) in [5, 5.41) is 3.54. The lowest BCUT2D eigenvalue weighted by Gasteiger charge is -2.39. The Labute approximate surface area is 148 Å². The lowest BCUT2D eigenvalue weighted by molar-refractivity contribution is 0.0975. The average molecular weight is 344 g/mol. The van der Waals surface area contributed by atoms with Crippen LogP contribution in [-0.4, -0.2) is 41.5 Å². The van der Waals surface area contributed by atoms with Gasteiger partial charge in [0, 0.05) is 42.9 Å². The van der Waals surface area contributed by atoms with E-state index in [-0.39, 0.29) is 6.03 Å². The summed E-state index contributed by atoms with van der Waals surface area (Å²) in [4.78, 5) is 16.7. The Balaban J connectivity index is 1.55. The number of carbonyl (C=O) groups excluding carboxylic acids is 1. The van der Waals surface area contributed by atoms with Crippen molar-refractivity contribution in [3.05, 3.63) is 65.2 Å². The predicted octanol–water partition coefficient (Wildman–Crippen LogP) is 4.08. The highest BCUT2D eigenvalue weighted by molar-refractivity contribution is 6.30. The fraction of sp³-hybridized carbons (Fsp3) is 0.316. The molecule has 0 aromatic heterocycles. The van der Waals surface area contributed by atoms with Crippen LogP contribution < -0.4 is 5.32 Å². The minimum Gasteiger partial charge on any atom is -0.322 e. The molecule has 24 heavy (non-hydrogen) atoms. The summed E-state index contributed by atoms with van der Waals surface area (Å²) in [6.07, 6.45) is 0. The molecule has 1 fully saturated rings. The van der Waals surface area contributed by atoms with E-state index in [1.165, 1.54) is 5.56 Å². The van der Waals surface area contributed by atoms with Gasteiger partial charge in [-0.15, -0.1) is 0 Å². The van der Waals surface area contributed by atoms with E-state index in [0.717, 1.165) is 31.9 Å². The van der Waals surface area contributed by atoms with E-state index >= 15 is 0 Å². The first kappa shape index (κ1) is 16.8. The Morgan fingerprint density at radius 1 is 1.17 bits per heavy atom. The van der Waals surface area contributed by atoms with Crippen molar-refractivity contribution in [3.8, 4) is 0 Å². The average Bonchev–Trinajstić information content (AvgIpc) is 2.57. The molecular weight excluding hydrogens is 322 g/mol.